The lowest BCUT2D eigenvalue weighted by atomic mass is 10.2. The molecule has 0 saturated heterocycles. The molecule has 5 nitrogen and oxygen atoms in total. The Kier molecular flexibility index (Phi) is 7.15. The normalized spacial score (nSPS) is 13.3. The smallest absolute Gasteiger partial charge is 0.241 e. The quantitative estimate of drug-likeness (QED) is 0.725. The van der Waals surface area contributed by atoms with Gasteiger partial charge in [-0.25, -0.2) is 13.1 Å². The van der Waals surface area contributed by atoms with Gasteiger partial charge in [0.25, 0.3) is 0 Å². The lowest BCUT2D eigenvalue weighted by Gasteiger charge is -2.16. The zero-order valence-electron chi connectivity index (χ0n) is 12.3. The van der Waals surface area contributed by atoms with Gasteiger partial charge in [-0.1, -0.05) is 25.1 Å². The van der Waals surface area contributed by atoms with Crippen molar-refractivity contribution in [2.45, 2.75) is 37.8 Å². The maximum absolute atomic E-state index is 12.4. The number of nitrogens with one attached hydrogen (secondary N) is 2. The van der Waals surface area contributed by atoms with Gasteiger partial charge in [0.05, 0.1) is 4.90 Å². The van der Waals surface area contributed by atoms with Crippen molar-refractivity contribution in [1.29, 1.82) is 0 Å². The fourth-order valence-electron chi connectivity index (χ4n) is 1.85. The minimum atomic E-state index is -3.50. The number of rotatable bonds is 9. The summed E-state index contributed by atoms with van der Waals surface area (Å²) in [5, 5.41) is 3.15. The Morgan fingerprint density at radius 1 is 1.30 bits per heavy atom. The topological polar surface area (TPSA) is 67.4 Å². The second-order valence-corrected chi connectivity index (χ2v) is 6.37. The van der Waals surface area contributed by atoms with Crippen LogP contribution >= 0.6 is 0 Å². The van der Waals surface area contributed by atoms with Gasteiger partial charge in [0.15, 0.2) is 0 Å². The summed E-state index contributed by atoms with van der Waals surface area (Å²) in [6.45, 7) is 5.69. The molecule has 0 aliphatic rings. The first-order chi connectivity index (χ1) is 9.51. The molecule has 0 radical (unpaired) electrons. The monoisotopic (exact) mass is 300 g/mol. The molecule has 1 atom stereocenters. The second kappa shape index (κ2) is 8.36. The molecule has 0 spiro atoms. The Morgan fingerprint density at radius 3 is 2.65 bits per heavy atom. The van der Waals surface area contributed by atoms with Crippen molar-refractivity contribution in [2.24, 2.45) is 0 Å². The van der Waals surface area contributed by atoms with Gasteiger partial charge >= 0.3 is 0 Å². The molecule has 0 aromatic heterocycles. The molecule has 0 saturated carbocycles. The van der Waals surface area contributed by atoms with Gasteiger partial charge in [-0.05, 0) is 31.5 Å². The van der Waals surface area contributed by atoms with Crippen molar-refractivity contribution < 1.29 is 13.2 Å². The zero-order chi connectivity index (χ0) is 15.0. The molecule has 114 valence electrons. The summed E-state index contributed by atoms with van der Waals surface area (Å²) in [5.41, 5.74) is 0.779. The summed E-state index contributed by atoms with van der Waals surface area (Å²) in [6.07, 6.45) is 0.644. The Bertz CT molecular complexity index is 503. The molecule has 0 amide bonds. The van der Waals surface area contributed by atoms with E-state index in [1.165, 1.54) is 0 Å². The third-order valence-corrected chi connectivity index (χ3v) is 4.63. The predicted molar refractivity (Wildman–Crippen MR) is 80.1 cm³/mol. The molecule has 1 aromatic rings. The highest BCUT2D eigenvalue weighted by molar-refractivity contribution is 7.89. The molecule has 0 heterocycles. The second-order valence-electron chi connectivity index (χ2n) is 4.69. The van der Waals surface area contributed by atoms with Crippen LogP contribution in [0.3, 0.4) is 0 Å². The van der Waals surface area contributed by atoms with Crippen LogP contribution in [-0.2, 0) is 21.3 Å². The van der Waals surface area contributed by atoms with E-state index in [-0.39, 0.29) is 6.04 Å². The van der Waals surface area contributed by atoms with Crippen LogP contribution in [0.5, 0.6) is 0 Å². The molecule has 2 N–H and O–H groups in total. The largest absolute Gasteiger partial charge is 0.385 e. The third-order valence-electron chi connectivity index (χ3n) is 2.94. The molecule has 0 aliphatic heterocycles. The van der Waals surface area contributed by atoms with E-state index in [2.05, 4.69) is 10.0 Å². The molecule has 6 heteroatoms. The highest BCUT2D eigenvalue weighted by Crippen LogP contribution is 2.16. The summed E-state index contributed by atoms with van der Waals surface area (Å²) in [5.74, 6) is 0. The fourth-order valence-corrected chi connectivity index (χ4v) is 3.37. The summed E-state index contributed by atoms with van der Waals surface area (Å²) >= 11 is 0. The van der Waals surface area contributed by atoms with Gasteiger partial charge in [0.1, 0.15) is 0 Å². The molecule has 0 aliphatic carbocycles. The van der Waals surface area contributed by atoms with E-state index in [0.717, 1.165) is 12.1 Å². The van der Waals surface area contributed by atoms with E-state index < -0.39 is 10.0 Å². The zero-order valence-corrected chi connectivity index (χ0v) is 13.2. The molecule has 0 bridgehead atoms. The summed E-state index contributed by atoms with van der Waals surface area (Å²) in [7, 11) is -1.89. The molecule has 0 fully saturated rings. The minimum Gasteiger partial charge on any atom is -0.385 e. The van der Waals surface area contributed by atoms with Crippen molar-refractivity contribution in [3.05, 3.63) is 29.8 Å². The molecule has 1 rings (SSSR count). The first-order valence-electron chi connectivity index (χ1n) is 6.81. The average Bonchev–Trinajstić information content (AvgIpc) is 2.42. The molecule has 1 unspecified atom stereocenters. The van der Waals surface area contributed by atoms with E-state index >= 15 is 0 Å². The van der Waals surface area contributed by atoms with Crippen molar-refractivity contribution in [3.63, 3.8) is 0 Å². The first kappa shape index (κ1) is 17.1. The van der Waals surface area contributed by atoms with Crippen molar-refractivity contribution >= 4 is 10.0 Å². The van der Waals surface area contributed by atoms with Gasteiger partial charge < -0.3 is 10.1 Å². The van der Waals surface area contributed by atoms with Crippen LogP contribution < -0.4 is 10.0 Å². The Morgan fingerprint density at radius 2 is 2.00 bits per heavy atom. The van der Waals surface area contributed by atoms with E-state index in [4.69, 9.17) is 4.74 Å². The maximum atomic E-state index is 12.4. The van der Waals surface area contributed by atoms with Gasteiger partial charge in [-0.2, -0.15) is 0 Å². The van der Waals surface area contributed by atoms with E-state index in [1.54, 1.807) is 19.2 Å². The number of methoxy groups -OCH3 is 1. The summed E-state index contributed by atoms with van der Waals surface area (Å²) < 4.78 is 32.5. The van der Waals surface area contributed by atoms with Crippen LogP contribution in [0.1, 0.15) is 25.8 Å². The summed E-state index contributed by atoms with van der Waals surface area (Å²) in [4.78, 5) is 0.338. The van der Waals surface area contributed by atoms with Crippen LogP contribution in [0.25, 0.3) is 0 Å². The van der Waals surface area contributed by atoms with Crippen molar-refractivity contribution in [1.82, 2.24) is 10.0 Å². The van der Waals surface area contributed by atoms with E-state index in [0.29, 0.717) is 24.5 Å². The van der Waals surface area contributed by atoms with Crippen LogP contribution in [-0.4, -0.2) is 34.7 Å². The third kappa shape index (κ3) is 5.20. The maximum Gasteiger partial charge on any atom is 0.241 e. The first-order valence-corrected chi connectivity index (χ1v) is 8.29. The number of sulfonamides is 1. The highest BCUT2D eigenvalue weighted by Gasteiger charge is 2.20. The van der Waals surface area contributed by atoms with Crippen molar-refractivity contribution in [3.8, 4) is 0 Å². The number of ether oxygens (including phenoxy) is 1. The Hall–Kier alpha value is -0.950. The SMILES string of the molecule is CCNCc1ccccc1S(=O)(=O)NC(C)CCOC. The van der Waals surface area contributed by atoms with Gasteiger partial charge in [0, 0.05) is 26.3 Å². The van der Waals surface area contributed by atoms with Gasteiger partial charge in [-0.3, -0.25) is 0 Å². The van der Waals surface area contributed by atoms with Crippen LogP contribution in [0, 0.1) is 0 Å². The lowest BCUT2D eigenvalue weighted by Crippen LogP contribution is -2.34. The van der Waals surface area contributed by atoms with E-state index in [1.807, 2.05) is 26.0 Å². The van der Waals surface area contributed by atoms with Crippen molar-refractivity contribution in [2.75, 3.05) is 20.3 Å². The standard InChI is InChI=1S/C14H24N2O3S/c1-4-15-11-13-7-5-6-8-14(13)20(17,18)16-12(2)9-10-19-3/h5-8,12,15-16H,4,9-11H2,1-3H3. The van der Waals surface area contributed by atoms with Crippen LogP contribution in [0.15, 0.2) is 29.2 Å². The molecular formula is C14H24N2O3S. The Balaban J connectivity index is 2.86. The van der Waals surface area contributed by atoms with E-state index in [9.17, 15) is 8.42 Å². The van der Waals surface area contributed by atoms with Crippen LogP contribution in [0.2, 0.25) is 0 Å². The minimum absolute atomic E-state index is 0.160. The predicted octanol–water partition coefficient (Wildman–Crippen LogP) is 1.50. The number of hydrogen-bond donors (Lipinski definition) is 2. The molecular weight excluding hydrogens is 276 g/mol. The molecule has 20 heavy (non-hydrogen) atoms. The van der Waals surface area contributed by atoms with Gasteiger partial charge in [0.2, 0.25) is 10.0 Å². The number of benzene rings is 1. The fraction of sp³-hybridized carbons (Fsp3) is 0.571. The molecule has 1 aromatic carbocycles. The average molecular weight is 300 g/mol. The number of hydrogen-bond acceptors (Lipinski definition) is 4. The Labute approximate surface area is 121 Å². The summed E-state index contributed by atoms with van der Waals surface area (Å²) in [6, 6.07) is 6.89. The highest BCUT2D eigenvalue weighted by atomic mass is 32.2. The lowest BCUT2D eigenvalue weighted by molar-refractivity contribution is 0.188. The van der Waals surface area contributed by atoms with Gasteiger partial charge in [-0.15, -0.1) is 0 Å². The van der Waals surface area contributed by atoms with Crippen LogP contribution in [0.4, 0.5) is 0 Å².